The third-order valence-corrected chi connectivity index (χ3v) is 13.6. The summed E-state index contributed by atoms with van der Waals surface area (Å²) in [5.41, 5.74) is 0. The zero-order chi connectivity index (χ0) is 60.5. The van der Waals surface area contributed by atoms with E-state index >= 15 is 0 Å². The second kappa shape index (κ2) is 63.2. The summed E-state index contributed by atoms with van der Waals surface area (Å²) < 4.78 is 22.7. The molecule has 2 unspecified atom stereocenters. The average Bonchev–Trinajstić information content (AvgIpc) is 3.46. The van der Waals surface area contributed by atoms with Gasteiger partial charge in [-0.05, 0) is 122 Å². The molecule has 0 aliphatic carbocycles. The maximum absolute atomic E-state index is 12.9. The van der Waals surface area contributed by atoms with Gasteiger partial charge in [-0.3, -0.25) is 9.59 Å². The van der Waals surface area contributed by atoms with Crippen molar-refractivity contribution in [2.24, 2.45) is 0 Å². The normalized spacial score (nSPS) is 13.7. The second-order valence-corrected chi connectivity index (χ2v) is 22.7. The lowest BCUT2D eigenvalue weighted by molar-refractivity contribution is -0.870. The molecule has 9 heteroatoms. The third kappa shape index (κ3) is 64.6. The van der Waals surface area contributed by atoms with Crippen molar-refractivity contribution in [2.75, 3.05) is 47.5 Å². The molecule has 0 aromatic carbocycles. The maximum Gasteiger partial charge on any atom is 0.306 e. The van der Waals surface area contributed by atoms with Crippen molar-refractivity contribution in [1.29, 1.82) is 0 Å². The highest BCUT2D eigenvalue weighted by Gasteiger charge is 2.22. The van der Waals surface area contributed by atoms with E-state index in [1.165, 1.54) is 96.3 Å². The first-order chi connectivity index (χ1) is 40.6. The van der Waals surface area contributed by atoms with E-state index in [-0.39, 0.29) is 38.6 Å². The molecule has 470 valence electrons. The van der Waals surface area contributed by atoms with Crippen molar-refractivity contribution in [3.63, 3.8) is 0 Å². The fourth-order valence-corrected chi connectivity index (χ4v) is 8.54. The van der Waals surface area contributed by atoms with Gasteiger partial charge in [0, 0.05) is 12.8 Å². The minimum atomic E-state index is -1.64. The quantitative estimate of drug-likeness (QED) is 0.0195. The van der Waals surface area contributed by atoms with Gasteiger partial charge < -0.3 is 33.3 Å². The molecule has 0 heterocycles. The molecular formula is C74H121NO8. The number of quaternary nitrogens is 1. The molecular weight excluding hydrogens is 1030 g/mol. The standard InChI is InChI=1S/C74H121NO8/c1-6-8-10-12-14-16-18-20-22-24-26-28-30-31-32-33-34-35-36-37-38-39-40-41-43-45-47-49-51-53-55-57-59-61-63-65-72(77)83-70(69-82-74(73(78)79)80-67-66-75(3,4)5)68-81-71(76)64-62-60-58-56-54-52-50-48-46-44-42-29-27-25-23-21-19-17-15-13-11-9-7-2/h8,10,14,16,19-22,25-28,31-32,34-35,37-38,40-41,45,47,51,53,70,74H,6-7,9,11-13,15,17-18,23-24,29-30,33,36,39,42-44,46,48-50,52,54-69H2,1-5H3/b10-8-,16-14-,21-19-,22-20-,27-25-,28-26-,32-31-,35-34-,38-37-,41-40-,47-45-,53-51-. The van der Waals surface area contributed by atoms with Crippen LogP contribution in [0.5, 0.6) is 0 Å². The van der Waals surface area contributed by atoms with Gasteiger partial charge in [0.25, 0.3) is 0 Å². The van der Waals surface area contributed by atoms with Crippen LogP contribution in [0.2, 0.25) is 0 Å². The van der Waals surface area contributed by atoms with Gasteiger partial charge >= 0.3 is 11.9 Å². The highest BCUT2D eigenvalue weighted by atomic mass is 16.7. The molecule has 0 radical (unpaired) electrons. The van der Waals surface area contributed by atoms with E-state index in [0.717, 1.165) is 116 Å². The Balaban J connectivity index is 4.29. The number of nitrogens with zero attached hydrogens (tertiary/aromatic N) is 1. The summed E-state index contributed by atoms with van der Waals surface area (Å²) in [5.74, 6) is -2.33. The second-order valence-electron chi connectivity index (χ2n) is 22.7. The number of hydrogen-bond acceptors (Lipinski definition) is 8. The minimum Gasteiger partial charge on any atom is -0.545 e. The lowest BCUT2D eigenvalue weighted by atomic mass is 10.0. The number of allylic oxidation sites excluding steroid dienone is 24. The lowest BCUT2D eigenvalue weighted by Crippen LogP contribution is -2.44. The Hall–Kier alpha value is -4.83. The number of aliphatic carboxylic acids is 1. The van der Waals surface area contributed by atoms with Crippen molar-refractivity contribution in [3.05, 3.63) is 146 Å². The van der Waals surface area contributed by atoms with Crippen molar-refractivity contribution >= 4 is 17.9 Å². The molecule has 83 heavy (non-hydrogen) atoms. The number of carboxylic acids is 1. The largest absolute Gasteiger partial charge is 0.545 e. The number of unbranched alkanes of at least 4 members (excludes halogenated alkanes) is 20. The molecule has 0 saturated carbocycles. The average molecular weight is 1150 g/mol. The smallest absolute Gasteiger partial charge is 0.306 e. The molecule has 0 aromatic heterocycles. The van der Waals surface area contributed by atoms with E-state index in [9.17, 15) is 19.5 Å². The fourth-order valence-electron chi connectivity index (χ4n) is 8.54. The molecule has 0 N–H and O–H groups in total. The minimum absolute atomic E-state index is 0.134. The first kappa shape index (κ1) is 78.2. The monoisotopic (exact) mass is 1150 g/mol. The lowest BCUT2D eigenvalue weighted by Gasteiger charge is -2.26. The fraction of sp³-hybridized carbons (Fsp3) is 0.635. The molecule has 0 rings (SSSR count). The zero-order valence-corrected chi connectivity index (χ0v) is 53.5. The summed E-state index contributed by atoms with van der Waals surface area (Å²) in [6.45, 7) is 4.58. The van der Waals surface area contributed by atoms with Crippen molar-refractivity contribution in [3.8, 4) is 0 Å². The van der Waals surface area contributed by atoms with Crippen molar-refractivity contribution < 1.29 is 42.9 Å². The molecule has 0 bridgehead atoms. The van der Waals surface area contributed by atoms with Crippen molar-refractivity contribution in [1.82, 2.24) is 0 Å². The number of hydrogen-bond donors (Lipinski definition) is 0. The summed E-state index contributed by atoms with van der Waals surface area (Å²) in [4.78, 5) is 37.4. The number of ether oxygens (including phenoxy) is 4. The molecule has 0 fully saturated rings. The third-order valence-electron chi connectivity index (χ3n) is 13.6. The number of carbonyl (C=O) groups excluding carboxylic acids is 3. The zero-order valence-electron chi connectivity index (χ0n) is 53.5. The molecule has 0 saturated heterocycles. The summed E-state index contributed by atoms with van der Waals surface area (Å²) in [6, 6.07) is 0. The van der Waals surface area contributed by atoms with Crippen LogP contribution in [0.1, 0.15) is 245 Å². The van der Waals surface area contributed by atoms with Gasteiger partial charge in [0.1, 0.15) is 13.2 Å². The topological polar surface area (TPSA) is 111 Å². The van der Waals surface area contributed by atoms with Gasteiger partial charge in [-0.15, -0.1) is 0 Å². The highest BCUT2D eigenvalue weighted by molar-refractivity contribution is 5.70. The van der Waals surface area contributed by atoms with Gasteiger partial charge in [-0.25, -0.2) is 0 Å². The predicted octanol–water partition coefficient (Wildman–Crippen LogP) is 19.0. The Labute approximate surface area is 509 Å². The van der Waals surface area contributed by atoms with Crippen LogP contribution in [0.15, 0.2) is 146 Å². The number of carbonyl (C=O) groups is 3. The molecule has 0 amide bonds. The molecule has 0 aliphatic rings. The van der Waals surface area contributed by atoms with Gasteiger partial charge in [0.2, 0.25) is 0 Å². The maximum atomic E-state index is 12.9. The van der Waals surface area contributed by atoms with E-state index in [4.69, 9.17) is 18.9 Å². The van der Waals surface area contributed by atoms with Gasteiger partial charge in [0.15, 0.2) is 12.4 Å². The molecule has 2 atom stereocenters. The van der Waals surface area contributed by atoms with Crippen LogP contribution < -0.4 is 5.11 Å². The van der Waals surface area contributed by atoms with Gasteiger partial charge in [0.05, 0.1) is 40.3 Å². The van der Waals surface area contributed by atoms with E-state index in [2.05, 4.69) is 160 Å². The summed E-state index contributed by atoms with van der Waals surface area (Å²) >= 11 is 0. The Morgan fingerprint density at radius 2 is 0.687 bits per heavy atom. The molecule has 0 aromatic rings. The van der Waals surface area contributed by atoms with E-state index in [1.807, 2.05) is 21.1 Å². The van der Waals surface area contributed by atoms with Crippen LogP contribution in [0.25, 0.3) is 0 Å². The van der Waals surface area contributed by atoms with Crippen LogP contribution in [0.3, 0.4) is 0 Å². The Kier molecular flexibility index (Phi) is 59.5. The van der Waals surface area contributed by atoms with Crippen LogP contribution >= 0.6 is 0 Å². The van der Waals surface area contributed by atoms with Crippen LogP contribution in [-0.2, 0) is 33.3 Å². The highest BCUT2D eigenvalue weighted by Crippen LogP contribution is 2.15. The van der Waals surface area contributed by atoms with Gasteiger partial charge in [-0.2, -0.15) is 0 Å². The van der Waals surface area contributed by atoms with E-state index in [1.54, 1.807) is 0 Å². The van der Waals surface area contributed by atoms with Crippen LogP contribution in [-0.4, -0.2) is 82.3 Å². The summed E-state index contributed by atoms with van der Waals surface area (Å²) in [7, 11) is 5.91. The van der Waals surface area contributed by atoms with Crippen LogP contribution in [0.4, 0.5) is 0 Å². The Morgan fingerprint density at radius 1 is 0.373 bits per heavy atom. The van der Waals surface area contributed by atoms with E-state index in [0.29, 0.717) is 17.4 Å². The summed E-state index contributed by atoms with van der Waals surface area (Å²) in [5, 5.41) is 11.8. The molecule has 9 nitrogen and oxygen atoms in total. The van der Waals surface area contributed by atoms with Crippen molar-refractivity contribution in [2.45, 2.75) is 257 Å². The number of rotatable bonds is 59. The first-order valence-corrected chi connectivity index (χ1v) is 33.0. The number of carboxylic acid groups (broad SMARTS) is 1. The molecule has 0 aliphatic heterocycles. The van der Waals surface area contributed by atoms with Gasteiger partial charge in [-0.1, -0.05) is 256 Å². The Bertz CT molecular complexity index is 1870. The van der Waals surface area contributed by atoms with Crippen LogP contribution in [0, 0.1) is 0 Å². The first-order valence-electron chi connectivity index (χ1n) is 33.0. The number of esters is 2. The predicted molar refractivity (Wildman–Crippen MR) is 352 cm³/mol. The SMILES string of the molecule is CC/C=C\C/C=C\C/C=C\C/C=C\C/C=C\C/C=C\C/C=C\C/C=C\C/C=C\C/C=C\CCCCCCC(=O)OC(COC(=O)CCCCCCCCCCCCC/C=C\C/C=C\CCCCCCC)COC(OCC[N+](C)(C)C)C(=O)[O-]. The Morgan fingerprint density at radius 3 is 1.02 bits per heavy atom. The van der Waals surface area contributed by atoms with E-state index < -0.39 is 24.3 Å². The molecule has 0 spiro atoms. The summed E-state index contributed by atoms with van der Waals surface area (Å²) in [6.07, 6.45) is 89.1. The number of likely N-dealkylation sites (N-methyl/N-ethyl adjacent to an activating group) is 1.